The van der Waals surface area contributed by atoms with Crippen LogP contribution in [0.2, 0.25) is 0 Å². The number of para-hydroxylation sites is 1. The van der Waals surface area contributed by atoms with Crippen LogP contribution in [0.15, 0.2) is 59.7 Å². The number of aryl methyl sites for hydroxylation is 2. The van der Waals surface area contributed by atoms with Gasteiger partial charge in [-0.25, -0.2) is 0 Å². The molecule has 0 radical (unpaired) electrons. The van der Waals surface area contributed by atoms with Crippen LogP contribution < -0.4 is 0 Å². The molecule has 0 aliphatic heterocycles. The van der Waals surface area contributed by atoms with Crippen molar-refractivity contribution in [1.29, 1.82) is 0 Å². The number of benzene rings is 2. The molecule has 3 rings (SSSR count). The maximum Gasteiger partial charge on any atom is 0.278 e. The topological polar surface area (TPSA) is 89.1 Å². The van der Waals surface area contributed by atoms with Crippen LogP contribution >= 0.6 is 12.2 Å². The molecule has 7 nitrogen and oxygen atoms in total. The molecular weight excluding hydrogens is 338 g/mol. The number of nitrogens with zero attached hydrogens (tertiary/aromatic N) is 4. The molecule has 2 aromatic carbocycles. The molecule has 25 heavy (non-hydrogen) atoms. The van der Waals surface area contributed by atoms with Gasteiger partial charge in [-0.15, -0.1) is 0 Å². The highest BCUT2D eigenvalue weighted by Gasteiger charge is 2.11. The maximum absolute atomic E-state index is 11.1. The molecule has 1 N–H and O–H groups in total. The summed E-state index contributed by atoms with van der Waals surface area (Å²) in [7, 11) is 0. The predicted molar refractivity (Wildman–Crippen MR) is 97.4 cm³/mol. The molecule has 0 aliphatic rings. The number of nitrogens with one attached hydrogen (secondary N) is 1. The Morgan fingerprint density at radius 1 is 1.16 bits per heavy atom. The Kier molecular flexibility index (Phi) is 5.10. The normalized spacial score (nSPS) is 11.0. The second kappa shape index (κ2) is 7.63. The van der Waals surface area contributed by atoms with Crippen molar-refractivity contribution >= 4 is 24.1 Å². The lowest BCUT2D eigenvalue weighted by molar-refractivity contribution is -0.385. The van der Waals surface area contributed by atoms with Gasteiger partial charge in [0.1, 0.15) is 0 Å². The third-order valence-electron chi connectivity index (χ3n) is 3.64. The average molecular weight is 353 g/mol. The molecule has 0 spiro atoms. The van der Waals surface area contributed by atoms with Gasteiger partial charge in [0.15, 0.2) is 5.82 Å². The monoisotopic (exact) mass is 353 g/mol. The Morgan fingerprint density at radius 3 is 2.64 bits per heavy atom. The molecule has 0 atom stereocenters. The molecule has 0 saturated carbocycles. The van der Waals surface area contributed by atoms with E-state index in [-0.39, 0.29) is 5.69 Å². The first-order chi connectivity index (χ1) is 12.1. The van der Waals surface area contributed by atoms with Crippen molar-refractivity contribution in [3.05, 3.63) is 86.4 Å². The van der Waals surface area contributed by atoms with Gasteiger partial charge in [0.2, 0.25) is 4.77 Å². The van der Waals surface area contributed by atoms with E-state index in [4.69, 9.17) is 12.2 Å². The SMILES string of the molecule is O=[N+]([O-])c1ccccc1/C=N\n1c(CCc2ccccc2)n[nH]c1=S. The lowest BCUT2D eigenvalue weighted by Crippen LogP contribution is -2.02. The fourth-order valence-corrected chi connectivity index (χ4v) is 2.59. The fourth-order valence-electron chi connectivity index (χ4n) is 2.39. The minimum atomic E-state index is -0.438. The van der Waals surface area contributed by atoms with Crippen molar-refractivity contribution in [2.75, 3.05) is 0 Å². The van der Waals surface area contributed by atoms with Crippen LogP contribution in [0.1, 0.15) is 17.0 Å². The lowest BCUT2D eigenvalue weighted by Gasteiger charge is -2.02. The molecule has 0 saturated heterocycles. The number of aromatic nitrogens is 3. The zero-order chi connectivity index (χ0) is 17.6. The Morgan fingerprint density at radius 2 is 1.88 bits per heavy atom. The van der Waals surface area contributed by atoms with Gasteiger partial charge in [0.05, 0.1) is 16.7 Å². The van der Waals surface area contributed by atoms with E-state index in [0.29, 0.717) is 22.6 Å². The average Bonchev–Trinajstić information content (AvgIpc) is 2.99. The number of aromatic amines is 1. The third kappa shape index (κ3) is 4.04. The van der Waals surface area contributed by atoms with Crippen molar-refractivity contribution in [1.82, 2.24) is 14.9 Å². The highest BCUT2D eigenvalue weighted by atomic mass is 32.1. The van der Waals surface area contributed by atoms with Gasteiger partial charge in [-0.05, 0) is 30.3 Å². The van der Waals surface area contributed by atoms with Gasteiger partial charge >= 0.3 is 0 Å². The van der Waals surface area contributed by atoms with Gasteiger partial charge in [-0.2, -0.15) is 14.9 Å². The minimum Gasteiger partial charge on any atom is -0.258 e. The van der Waals surface area contributed by atoms with Crippen LogP contribution in [-0.4, -0.2) is 26.0 Å². The third-order valence-corrected chi connectivity index (χ3v) is 3.91. The van der Waals surface area contributed by atoms with Gasteiger partial charge < -0.3 is 0 Å². The lowest BCUT2D eigenvalue weighted by atomic mass is 10.1. The van der Waals surface area contributed by atoms with Crippen molar-refractivity contribution < 1.29 is 4.92 Å². The van der Waals surface area contributed by atoms with Crippen molar-refractivity contribution in [3.63, 3.8) is 0 Å². The Labute approximate surface area is 148 Å². The quantitative estimate of drug-likeness (QED) is 0.318. The molecule has 3 aromatic rings. The minimum absolute atomic E-state index is 0.00732. The zero-order valence-electron chi connectivity index (χ0n) is 13.2. The number of nitro benzene ring substituents is 1. The van der Waals surface area contributed by atoms with Gasteiger partial charge in [-0.3, -0.25) is 15.2 Å². The van der Waals surface area contributed by atoms with Crippen LogP contribution in [0.3, 0.4) is 0 Å². The fraction of sp³-hybridized carbons (Fsp3) is 0.118. The second-order valence-corrected chi connectivity index (χ2v) is 5.69. The molecule has 1 heterocycles. The van der Waals surface area contributed by atoms with Crippen LogP contribution in [0, 0.1) is 14.9 Å². The maximum atomic E-state index is 11.1. The first-order valence-electron chi connectivity index (χ1n) is 7.63. The largest absolute Gasteiger partial charge is 0.278 e. The first-order valence-corrected chi connectivity index (χ1v) is 8.04. The summed E-state index contributed by atoms with van der Waals surface area (Å²) in [6.07, 6.45) is 2.86. The summed E-state index contributed by atoms with van der Waals surface area (Å²) >= 11 is 5.20. The molecule has 0 unspecified atom stereocenters. The summed E-state index contributed by atoms with van der Waals surface area (Å²) in [5.41, 5.74) is 1.59. The number of hydrogen-bond donors (Lipinski definition) is 1. The molecule has 1 aromatic heterocycles. The summed E-state index contributed by atoms with van der Waals surface area (Å²) in [5, 5.41) is 22.3. The van der Waals surface area contributed by atoms with E-state index in [1.807, 2.05) is 30.3 Å². The van der Waals surface area contributed by atoms with Crippen molar-refractivity contribution in [3.8, 4) is 0 Å². The highest BCUT2D eigenvalue weighted by molar-refractivity contribution is 7.71. The van der Waals surface area contributed by atoms with Crippen LogP contribution in [0.25, 0.3) is 0 Å². The van der Waals surface area contributed by atoms with Gasteiger partial charge in [-0.1, -0.05) is 42.5 Å². The van der Waals surface area contributed by atoms with Crippen LogP contribution in [0.4, 0.5) is 5.69 Å². The highest BCUT2D eigenvalue weighted by Crippen LogP contribution is 2.15. The van der Waals surface area contributed by atoms with Crippen LogP contribution in [0.5, 0.6) is 0 Å². The van der Waals surface area contributed by atoms with E-state index >= 15 is 0 Å². The number of nitro groups is 1. The summed E-state index contributed by atoms with van der Waals surface area (Å²) < 4.78 is 1.84. The Hall–Kier alpha value is -3.13. The zero-order valence-corrected chi connectivity index (χ0v) is 14.0. The Bertz CT molecular complexity index is 962. The molecule has 0 fully saturated rings. The van der Waals surface area contributed by atoms with E-state index in [1.165, 1.54) is 22.5 Å². The molecular formula is C17H15N5O2S. The number of rotatable bonds is 6. The second-order valence-electron chi connectivity index (χ2n) is 5.30. The Balaban J connectivity index is 1.83. The van der Waals surface area contributed by atoms with E-state index in [1.54, 1.807) is 18.2 Å². The number of H-pyrrole nitrogens is 1. The summed E-state index contributed by atoms with van der Waals surface area (Å²) in [5.74, 6) is 0.670. The van der Waals surface area contributed by atoms with Crippen molar-refractivity contribution in [2.24, 2.45) is 5.10 Å². The van der Waals surface area contributed by atoms with E-state index in [2.05, 4.69) is 15.3 Å². The van der Waals surface area contributed by atoms with Gasteiger partial charge in [0.25, 0.3) is 5.69 Å². The molecule has 0 amide bonds. The molecule has 0 aliphatic carbocycles. The molecule has 0 bridgehead atoms. The predicted octanol–water partition coefficient (Wildman–Crippen LogP) is 3.52. The van der Waals surface area contributed by atoms with E-state index < -0.39 is 4.92 Å². The summed E-state index contributed by atoms with van der Waals surface area (Å²) in [6.45, 7) is 0. The first kappa shape index (κ1) is 16.7. The van der Waals surface area contributed by atoms with Crippen molar-refractivity contribution in [2.45, 2.75) is 12.8 Å². The number of hydrogen-bond acceptors (Lipinski definition) is 5. The van der Waals surface area contributed by atoms with Gasteiger partial charge in [0, 0.05) is 12.5 Å². The molecule has 126 valence electrons. The van der Waals surface area contributed by atoms with Crippen LogP contribution in [-0.2, 0) is 12.8 Å². The smallest absolute Gasteiger partial charge is 0.258 e. The standard InChI is InChI=1S/C17H15N5O2S/c23-22(24)15-9-5-4-8-14(15)12-18-21-16(19-20-17(21)25)11-10-13-6-2-1-3-7-13/h1-9,12H,10-11H2,(H,20,25)/b18-12-. The summed E-state index contributed by atoms with van der Waals surface area (Å²) in [6, 6.07) is 16.4. The van der Waals surface area contributed by atoms with E-state index in [9.17, 15) is 10.1 Å². The molecule has 8 heteroatoms. The summed E-state index contributed by atoms with van der Waals surface area (Å²) in [4.78, 5) is 10.6. The van der Waals surface area contributed by atoms with E-state index in [0.717, 1.165) is 6.42 Å².